The van der Waals surface area contributed by atoms with Gasteiger partial charge in [0.05, 0.1) is 6.04 Å². The molecule has 0 heterocycles. The van der Waals surface area contributed by atoms with Crippen LogP contribution in [0.25, 0.3) is 0 Å². The van der Waals surface area contributed by atoms with Crippen LogP contribution in [0.1, 0.15) is 59.8 Å². The van der Waals surface area contributed by atoms with Crippen molar-refractivity contribution >= 4 is 5.78 Å². The molecule has 0 amide bonds. The summed E-state index contributed by atoms with van der Waals surface area (Å²) in [6.07, 6.45) is 5.82. The Morgan fingerprint density at radius 1 is 1.38 bits per heavy atom. The second-order valence-corrected chi connectivity index (χ2v) is 6.38. The summed E-state index contributed by atoms with van der Waals surface area (Å²) in [5, 5.41) is 0. The van der Waals surface area contributed by atoms with Gasteiger partial charge < -0.3 is 5.73 Å². The highest BCUT2D eigenvalue weighted by Gasteiger charge is 2.34. The molecule has 0 aromatic rings. The number of nitrogens with two attached hydrogens (primary N) is 1. The molecule has 0 spiro atoms. The summed E-state index contributed by atoms with van der Waals surface area (Å²) in [6.45, 7) is 8.38. The predicted octanol–water partition coefficient (Wildman–Crippen LogP) is 3.15. The fourth-order valence-corrected chi connectivity index (χ4v) is 2.60. The van der Waals surface area contributed by atoms with Crippen molar-refractivity contribution in [3.05, 3.63) is 0 Å². The highest BCUT2D eigenvalue weighted by atomic mass is 16.1. The number of Topliss-reactive ketones (excluding diaryl/α,β-unsaturated/α-hetero) is 1. The van der Waals surface area contributed by atoms with Gasteiger partial charge in [-0.3, -0.25) is 4.79 Å². The average Bonchev–Trinajstić information content (AvgIpc) is 2.26. The van der Waals surface area contributed by atoms with E-state index in [1.165, 1.54) is 19.3 Å². The Morgan fingerprint density at radius 3 is 2.50 bits per heavy atom. The van der Waals surface area contributed by atoms with Crippen molar-refractivity contribution in [2.24, 2.45) is 23.0 Å². The average molecular weight is 225 g/mol. The zero-order valence-electron chi connectivity index (χ0n) is 11.3. The molecule has 94 valence electrons. The third-order valence-electron chi connectivity index (χ3n) is 4.00. The molecule has 16 heavy (non-hydrogen) atoms. The summed E-state index contributed by atoms with van der Waals surface area (Å²) in [6, 6.07) is -0.298. The van der Waals surface area contributed by atoms with Crippen molar-refractivity contribution in [2.45, 2.75) is 65.8 Å². The first-order valence-electron chi connectivity index (χ1n) is 6.65. The number of hydrogen-bond donors (Lipinski definition) is 1. The Labute approximate surface area is 100.0 Å². The first-order chi connectivity index (χ1) is 7.36. The highest BCUT2D eigenvalue weighted by molar-refractivity contribution is 5.86. The lowest BCUT2D eigenvalue weighted by Gasteiger charge is -2.33. The molecule has 0 saturated heterocycles. The van der Waals surface area contributed by atoms with Crippen molar-refractivity contribution in [3.63, 3.8) is 0 Å². The van der Waals surface area contributed by atoms with Gasteiger partial charge in [0.15, 0.2) is 5.78 Å². The molecule has 0 bridgehead atoms. The fraction of sp³-hybridized carbons (Fsp3) is 0.929. The SMILES string of the molecule is CCC1CCCC(C(=O)C(N)C(C)(C)C)C1. The molecule has 0 aromatic carbocycles. The molecule has 1 aliphatic rings. The van der Waals surface area contributed by atoms with Gasteiger partial charge in [-0.2, -0.15) is 0 Å². The second-order valence-electron chi connectivity index (χ2n) is 6.38. The van der Waals surface area contributed by atoms with E-state index in [1.54, 1.807) is 0 Å². The molecule has 0 aliphatic heterocycles. The van der Waals surface area contributed by atoms with Gasteiger partial charge >= 0.3 is 0 Å². The van der Waals surface area contributed by atoms with Gasteiger partial charge in [0.1, 0.15) is 0 Å². The molecule has 2 N–H and O–H groups in total. The quantitative estimate of drug-likeness (QED) is 0.802. The summed E-state index contributed by atoms with van der Waals surface area (Å²) < 4.78 is 0. The van der Waals surface area contributed by atoms with Crippen LogP contribution < -0.4 is 5.73 Å². The van der Waals surface area contributed by atoms with Crippen LogP contribution in [-0.4, -0.2) is 11.8 Å². The van der Waals surface area contributed by atoms with E-state index in [0.29, 0.717) is 5.78 Å². The molecule has 2 nitrogen and oxygen atoms in total. The van der Waals surface area contributed by atoms with Crippen LogP contribution in [0.3, 0.4) is 0 Å². The minimum Gasteiger partial charge on any atom is -0.321 e. The maximum Gasteiger partial charge on any atom is 0.153 e. The van der Waals surface area contributed by atoms with Crippen molar-refractivity contribution in [2.75, 3.05) is 0 Å². The van der Waals surface area contributed by atoms with Gasteiger partial charge in [-0.1, -0.05) is 47.0 Å². The highest BCUT2D eigenvalue weighted by Crippen LogP contribution is 2.33. The molecule has 1 saturated carbocycles. The molecule has 0 radical (unpaired) electrons. The number of rotatable bonds is 3. The number of carbonyl (C=O) groups is 1. The smallest absolute Gasteiger partial charge is 0.153 e. The normalized spacial score (nSPS) is 28.8. The summed E-state index contributed by atoms with van der Waals surface area (Å²) in [5.41, 5.74) is 5.96. The summed E-state index contributed by atoms with van der Waals surface area (Å²) in [5.74, 6) is 1.27. The van der Waals surface area contributed by atoms with Gasteiger partial charge in [-0.05, 0) is 24.2 Å². The van der Waals surface area contributed by atoms with E-state index in [0.717, 1.165) is 18.8 Å². The Morgan fingerprint density at radius 2 is 2.00 bits per heavy atom. The van der Waals surface area contributed by atoms with Gasteiger partial charge in [-0.25, -0.2) is 0 Å². The van der Waals surface area contributed by atoms with E-state index < -0.39 is 0 Å². The monoisotopic (exact) mass is 225 g/mol. The zero-order chi connectivity index (χ0) is 12.3. The lowest BCUT2D eigenvalue weighted by Crippen LogP contribution is -2.46. The standard InChI is InChI=1S/C14H27NO/c1-5-10-7-6-8-11(9-10)12(16)13(15)14(2,3)4/h10-11,13H,5-9,15H2,1-4H3. The van der Waals surface area contributed by atoms with Gasteiger partial charge in [0.2, 0.25) is 0 Å². The zero-order valence-corrected chi connectivity index (χ0v) is 11.3. The van der Waals surface area contributed by atoms with Crippen LogP contribution in [-0.2, 0) is 4.79 Å². The van der Waals surface area contributed by atoms with Crippen molar-refractivity contribution < 1.29 is 4.79 Å². The minimum atomic E-state index is -0.298. The number of carbonyl (C=O) groups excluding carboxylic acids is 1. The maximum atomic E-state index is 12.3. The molecule has 3 unspecified atom stereocenters. The molecule has 2 heteroatoms. The third kappa shape index (κ3) is 3.31. The van der Waals surface area contributed by atoms with E-state index in [-0.39, 0.29) is 17.4 Å². The van der Waals surface area contributed by atoms with Crippen LogP contribution in [0.4, 0.5) is 0 Å². The molecule has 1 aliphatic carbocycles. The van der Waals surface area contributed by atoms with Gasteiger partial charge in [-0.15, -0.1) is 0 Å². The molecule has 3 atom stereocenters. The molecular formula is C14H27NO. The van der Waals surface area contributed by atoms with E-state index in [9.17, 15) is 4.79 Å². The van der Waals surface area contributed by atoms with Crippen LogP contribution in [0, 0.1) is 17.3 Å². The van der Waals surface area contributed by atoms with E-state index in [2.05, 4.69) is 27.7 Å². The largest absolute Gasteiger partial charge is 0.321 e. The minimum absolute atomic E-state index is 0.101. The number of hydrogen-bond acceptors (Lipinski definition) is 2. The van der Waals surface area contributed by atoms with E-state index in [4.69, 9.17) is 5.73 Å². The van der Waals surface area contributed by atoms with Crippen LogP contribution in [0.5, 0.6) is 0 Å². The Hall–Kier alpha value is -0.370. The Kier molecular flexibility index (Phi) is 4.54. The van der Waals surface area contributed by atoms with E-state index >= 15 is 0 Å². The van der Waals surface area contributed by atoms with Crippen LogP contribution >= 0.6 is 0 Å². The van der Waals surface area contributed by atoms with Gasteiger partial charge in [0, 0.05) is 5.92 Å². The molecule has 0 aromatic heterocycles. The molecular weight excluding hydrogens is 198 g/mol. The number of ketones is 1. The summed E-state index contributed by atoms with van der Waals surface area (Å²) in [4.78, 5) is 12.3. The molecule has 1 rings (SSSR count). The van der Waals surface area contributed by atoms with Crippen molar-refractivity contribution in [1.82, 2.24) is 0 Å². The van der Waals surface area contributed by atoms with Crippen molar-refractivity contribution in [1.29, 1.82) is 0 Å². The lowest BCUT2D eigenvalue weighted by atomic mass is 9.73. The lowest BCUT2D eigenvalue weighted by molar-refractivity contribution is -0.127. The van der Waals surface area contributed by atoms with Crippen molar-refractivity contribution in [3.8, 4) is 0 Å². The van der Waals surface area contributed by atoms with E-state index in [1.807, 2.05) is 0 Å². The summed E-state index contributed by atoms with van der Waals surface area (Å²) in [7, 11) is 0. The first-order valence-corrected chi connectivity index (χ1v) is 6.65. The fourth-order valence-electron chi connectivity index (χ4n) is 2.60. The van der Waals surface area contributed by atoms with Crippen LogP contribution in [0.15, 0.2) is 0 Å². The van der Waals surface area contributed by atoms with Crippen LogP contribution in [0.2, 0.25) is 0 Å². The summed E-state index contributed by atoms with van der Waals surface area (Å²) >= 11 is 0. The maximum absolute atomic E-state index is 12.3. The topological polar surface area (TPSA) is 43.1 Å². The third-order valence-corrected chi connectivity index (χ3v) is 4.00. The Bertz CT molecular complexity index is 242. The van der Waals surface area contributed by atoms with Gasteiger partial charge in [0.25, 0.3) is 0 Å². The first kappa shape index (κ1) is 13.7. The molecule has 1 fully saturated rings. The Balaban J connectivity index is 2.60. The predicted molar refractivity (Wildman–Crippen MR) is 68.2 cm³/mol. The second kappa shape index (κ2) is 5.31.